The molecule has 0 amide bonds. The van der Waals surface area contributed by atoms with Gasteiger partial charge in [0.25, 0.3) is 0 Å². The van der Waals surface area contributed by atoms with Gasteiger partial charge in [0.1, 0.15) is 0 Å². The molecular formula is C13H15Cl2F3N2. The standard InChI is InChI=1S/C13H15Cl2F3N2/c14-10-2-1-9(7-11(10)15)12(8-13(16,17)18)20-5-3-19-4-6-20/h1-2,7,12,19H,3-6,8H2/t12-/m0/s1. The summed E-state index contributed by atoms with van der Waals surface area (Å²) in [7, 11) is 0. The van der Waals surface area contributed by atoms with Crippen LogP contribution in [0.25, 0.3) is 0 Å². The maximum atomic E-state index is 12.8. The second-order valence-electron chi connectivity index (χ2n) is 4.79. The first-order valence-corrected chi connectivity index (χ1v) is 7.09. The molecule has 0 aliphatic carbocycles. The summed E-state index contributed by atoms with van der Waals surface area (Å²) in [6.45, 7) is 2.55. The zero-order valence-electron chi connectivity index (χ0n) is 10.7. The Kier molecular flexibility index (Phi) is 5.18. The van der Waals surface area contributed by atoms with Crippen LogP contribution in [0.2, 0.25) is 10.0 Å². The maximum Gasteiger partial charge on any atom is 0.390 e. The molecule has 0 aromatic heterocycles. The Morgan fingerprint density at radius 1 is 1.15 bits per heavy atom. The summed E-state index contributed by atoms with van der Waals surface area (Å²) in [4.78, 5) is 1.84. The number of halogens is 5. The quantitative estimate of drug-likeness (QED) is 0.906. The Bertz CT molecular complexity index is 459. The highest BCUT2D eigenvalue weighted by Crippen LogP contribution is 2.36. The number of hydrogen-bond donors (Lipinski definition) is 1. The van der Waals surface area contributed by atoms with Crippen molar-refractivity contribution in [2.75, 3.05) is 26.2 Å². The summed E-state index contributed by atoms with van der Waals surface area (Å²) in [5.74, 6) is 0. The molecule has 1 N–H and O–H groups in total. The minimum absolute atomic E-state index is 0.284. The van der Waals surface area contributed by atoms with E-state index in [4.69, 9.17) is 23.2 Å². The van der Waals surface area contributed by atoms with Crippen LogP contribution < -0.4 is 5.32 Å². The number of piperazine rings is 1. The average molecular weight is 327 g/mol. The van der Waals surface area contributed by atoms with Crippen molar-refractivity contribution in [1.29, 1.82) is 0 Å². The summed E-state index contributed by atoms with van der Waals surface area (Å²) in [6, 6.07) is 3.98. The lowest BCUT2D eigenvalue weighted by atomic mass is 10.0. The van der Waals surface area contributed by atoms with Crippen molar-refractivity contribution in [3.05, 3.63) is 33.8 Å². The lowest BCUT2D eigenvalue weighted by Crippen LogP contribution is -2.46. The summed E-state index contributed by atoms with van der Waals surface area (Å²) in [6.07, 6.45) is -5.10. The van der Waals surface area contributed by atoms with E-state index in [9.17, 15) is 13.2 Å². The van der Waals surface area contributed by atoms with Gasteiger partial charge in [0.2, 0.25) is 0 Å². The molecule has 2 nitrogen and oxygen atoms in total. The van der Waals surface area contributed by atoms with Crippen LogP contribution in [0.1, 0.15) is 18.0 Å². The lowest BCUT2D eigenvalue weighted by molar-refractivity contribution is -0.148. The molecule has 0 spiro atoms. The van der Waals surface area contributed by atoms with Gasteiger partial charge in [-0.25, -0.2) is 0 Å². The minimum atomic E-state index is -4.22. The van der Waals surface area contributed by atoms with Crippen molar-refractivity contribution in [1.82, 2.24) is 10.2 Å². The molecule has 1 aliphatic rings. The summed E-state index contributed by atoms with van der Waals surface area (Å²) < 4.78 is 38.5. The van der Waals surface area contributed by atoms with Crippen LogP contribution in [0.3, 0.4) is 0 Å². The van der Waals surface area contributed by atoms with Gasteiger partial charge < -0.3 is 5.32 Å². The highest BCUT2D eigenvalue weighted by Gasteiger charge is 2.36. The van der Waals surface area contributed by atoms with Gasteiger partial charge in [-0.3, -0.25) is 4.90 Å². The van der Waals surface area contributed by atoms with Crippen LogP contribution in [-0.2, 0) is 0 Å². The molecule has 0 saturated carbocycles. The van der Waals surface area contributed by atoms with Gasteiger partial charge in [-0.05, 0) is 17.7 Å². The molecule has 1 fully saturated rings. The van der Waals surface area contributed by atoms with Crippen LogP contribution in [0.5, 0.6) is 0 Å². The van der Waals surface area contributed by atoms with Crippen molar-refractivity contribution in [3.63, 3.8) is 0 Å². The molecule has 7 heteroatoms. The maximum absolute atomic E-state index is 12.8. The second kappa shape index (κ2) is 6.52. The lowest BCUT2D eigenvalue weighted by Gasteiger charge is -2.35. The number of alkyl halides is 3. The fraction of sp³-hybridized carbons (Fsp3) is 0.538. The number of benzene rings is 1. The second-order valence-corrected chi connectivity index (χ2v) is 5.61. The molecule has 1 aromatic carbocycles. The van der Waals surface area contributed by atoms with E-state index >= 15 is 0 Å². The largest absolute Gasteiger partial charge is 0.390 e. The summed E-state index contributed by atoms with van der Waals surface area (Å²) in [5.41, 5.74) is 0.554. The van der Waals surface area contributed by atoms with E-state index in [1.165, 1.54) is 6.07 Å². The zero-order valence-corrected chi connectivity index (χ0v) is 12.2. The normalized spacial score (nSPS) is 19.1. The molecular weight excluding hydrogens is 312 g/mol. The SMILES string of the molecule is FC(F)(F)C[C@@H](c1ccc(Cl)c(Cl)c1)N1CCNCC1. The fourth-order valence-corrected chi connectivity index (χ4v) is 2.70. The van der Waals surface area contributed by atoms with E-state index in [1.54, 1.807) is 12.1 Å². The Morgan fingerprint density at radius 3 is 2.35 bits per heavy atom. The van der Waals surface area contributed by atoms with Crippen molar-refractivity contribution < 1.29 is 13.2 Å². The van der Waals surface area contributed by atoms with Crippen LogP contribution in [-0.4, -0.2) is 37.3 Å². The van der Waals surface area contributed by atoms with Gasteiger partial charge >= 0.3 is 6.18 Å². The molecule has 1 saturated heterocycles. The predicted molar refractivity (Wildman–Crippen MR) is 74.3 cm³/mol. The number of nitrogens with zero attached hydrogens (tertiary/aromatic N) is 1. The molecule has 1 heterocycles. The van der Waals surface area contributed by atoms with E-state index in [-0.39, 0.29) is 5.02 Å². The monoisotopic (exact) mass is 326 g/mol. The molecule has 20 heavy (non-hydrogen) atoms. The molecule has 1 atom stereocenters. The molecule has 1 aromatic rings. The van der Waals surface area contributed by atoms with E-state index < -0.39 is 18.6 Å². The van der Waals surface area contributed by atoms with Gasteiger partial charge in [0, 0.05) is 32.2 Å². The smallest absolute Gasteiger partial charge is 0.314 e. The first kappa shape index (κ1) is 15.9. The van der Waals surface area contributed by atoms with E-state index in [0.717, 1.165) is 0 Å². The van der Waals surface area contributed by atoms with Crippen LogP contribution in [0.4, 0.5) is 13.2 Å². The van der Waals surface area contributed by atoms with Crippen LogP contribution in [0.15, 0.2) is 18.2 Å². The third-order valence-corrected chi connectivity index (χ3v) is 4.08. The van der Waals surface area contributed by atoms with Crippen molar-refractivity contribution in [2.45, 2.75) is 18.6 Å². The van der Waals surface area contributed by atoms with Crippen molar-refractivity contribution in [3.8, 4) is 0 Å². The Labute approximate surface area is 125 Å². The number of rotatable bonds is 3. The van der Waals surface area contributed by atoms with Crippen LogP contribution >= 0.6 is 23.2 Å². The van der Waals surface area contributed by atoms with Crippen LogP contribution in [0, 0.1) is 0 Å². The Morgan fingerprint density at radius 2 is 1.80 bits per heavy atom. The summed E-state index contributed by atoms with van der Waals surface area (Å²) >= 11 is 11.8. The fourth-order valence-electron chi connectivity index (χ4n) is 2.39. The molecule has 0 unspecified atom stereocenters. The van der Waals surface area contributed by atoms with E-state index in [2.05, 4.69) is 5.32 Å². The predicted octanol–water partition coefficient (Wildman–Crippen LogP) is 3.89. The molecule has 2 rings (SSSR count). The van der Waals surface area contributed by atoms with Gasteiger partial charge in [0.05, 0.1) is 16.5 Å². The Balaban J connectivity index is 2.26. The van der Waals surface area contributed by atoms with Crippen molar-refractivity contribution >= 4 is 23.2 Å². The van der Waals surface area contributed by atoms with Crippen molar-refractivity contribution in [2.24, 2.45) is 0 Å². The van der Waals surface area contributed by atoms with E-state index in [1.807, 2.05) is 4.90 Å². The van der Waals surface area contributed by atoms with E-state index in [0.29, 0.717) is 36.8 Å². The highest BCUT2D eigenvalue weighted by molar-refractivity contribution is 6.42. The number of hydrogen-bond acceptors (Lipinski definition) is 2. The molecule has 112 valence electrons. The molecule has 0 radical (unpaired) electrons. The zero-order chi connectivity index (χ0) is 14.8. The minimum Gasteiger partial charge on any atom is -0.314 e. The first-order valence-electron chi connectivity index (χ1n) is 6.33. The molecule has 0 bridgehead atoms. The Hall–Kier alpha value is -0.490. The topological polar surface area (TPSA) is 15.3 Å². The van der Waals surface area contributed by atoms with Gasteiger partial charge in [-0.2, -0.15) is 13.2 Å². The first-order chi connectivity index (χ1) is 9.37. The average Bonchev–Trinajstić information content (AvgIpc) is 2.39. The molecule has 1 aliphatic heterocycles. The van der Waals surface area contributed by atoms with Gasteiger partial charge in [-0.1, -0.05) is 29.3 Å². The highest BCUT2D eigenvalue weighted by atomic mass is 35.5. The third-order valence-electron chi connectivity index (χ3n) is 3.35. The number of nitrogens with one attached hydrogen (secondary N) is 1. The summed E-state index contributed by atoms with van der Waals surface area (Å²) in [5, 5.41) is 3.77. The van der Waals surface area contributed by atoms with Gasteiger partial charge in [0.15, 0.2) is 0 Å². The third kappa shape index (κ3) is 4.25. The van der Waals surface area contributed by atoms with Gasteiger partial charge in [-0.15, -0.1) is 0 Å².